The van der Waals surface area contributed by atoms with E-state index in [-0.39, 0.29) is 6.61 Å². The van der Waals surface area contributed by atoms with Gasteiger partial charge in [0.25, 0.3) is 0 Å². The van der Waals surface area contributed by atoms with Crippen molar-refractivity contribution in [1.29, 1.82) is 0 Å². The van der Waals surface area contributed by atoms with Crippen molar-refractivity contribution in [3.05, 3.63) is 34.5 Å². The number of nitrogens with zero attached hydrogens (tertiary/aromatic N) is 1. The molecule has 120 valence electrons. The van der Waals surface area contributed by atoms with Crippen LogP contribution < -0.4 is 0 Å². The molecule has 4 nitrogen and oxygen atoms in total. The maximum atomic E-state index is 11.5. The summed E-state index contributed by atoms with van der Waals surface area (Å²) in [5.74, 6) is -0.878. The van der Waals surface area contributed by atoms with Gasteiger partial charge in [-0.2, -0.15) is 0 Å². The molecule has 1 aromatic heterocycles. The van der Waals surface area contributed by atoms with E-state index >= 15 is 0 Å². The molecule has 0 radical (unpaired) electrons. The summed E-state index contributed by atoms with van der Waals surface area (Å²) in [6.45, 7) is 7.13. The summed E-state index contributed by atoms with van der Waals surface area (Å²) in [5, 5.41) is 19.6. The molecule has 0 aliphatic rings. The average molecular weight is 303 g/mol. The van der Waals surface area contributed by atoms with Gasteiger partial charge in [0.1, 0.15) is 0 Å². The van der Waals surface area contributed by atoms with E-state index < -0.39 is 5.97 Å². The summed E-state index contributed by atoms with van der Waals surface area (Å²) in [6, 6.07) is 1.78. The summed E-state index contributed by atoms with van der Waals surface area (Å²) in [6.07, 6.45) is 5.83. The molecule has 0 saturated carbocycles. The molecule has 1 aromatic carbocycles. The third kappa shape index (κ3) is 3.02. The number of aromatic nitrogens is 1. The van der Waals surface area contributed by atoms with Gasteiger partial charge in [0.2, 0.25) is 0 Å². The van der Waals surface area contributed by atoms with Crippen LogP contribution in [0.3, 0.4) is 0 Å². The highest BCUT2D eigenvalue weighted by atomic mass is 16.4. The fraction of sp³-hybridized carbons (Fsp3) is 0.500. The monoisotopic (exact) mass is 303 g/mol. The summed E-state index contributed by atoms with van der Waals surface area (Å²) < 4.78 is 2.25. The topological polar surface area (TPSA) is 62.5 Å². The van der Waals surface area contributed by atoms with Crippen LogP contribution in [0.15, 0.2) is 12.3 Å². The molecule has 0 fully saturated rings. The van der Waals surface area contributed by atoms with E-state index in [1.807, 2.05) is 13.8 Å². The SMILES string of the molecule is CCCCn1cc(CCCO)c2c(C)c(C(=O)O)cc(C)c21. The molecule has 0 unspecified atom stereocenters. The Morgan fingerprint density at radius 2 is 2.00 bits per heavy atom. The van der Waals surface area contributed by atoms with Gasteiger partial charge in [-0.25, -0.2) is 4.79 Å². The van der Waals surface area contributed by atoms with Crippen molar-refractivity contribution in [2.45, 2.75) is 53.0 Å². The Morgan fingerprint density at radius 3 is 2.59 bits per heavy atom. The minimum atomic E-state index is -0.878. The van der Waals surface area contributed by atoms with E-state index in [9.17, 15) is 9.90 Å². The molecular weight excluding hydrogens is 278 g/mol. The van der Waals surface area contributed by atoms with E-state index in [1.165, 1.54) is 0 Å². The number of carbonyl (C=O) groups is 1. The molecule has 0 aliphatic heterocycles. The van der Waals surface area contributed by atoms with Gasteiger partial charge in [-0.15, -0.1) is 0 Å². The van der Waals surface area contributed by atoms with Crippen LogP contribution >= 0.6 is 0 Å². The van der Waals surface area contributed by atoms with Crippen molar-refractivity contribution < 1.29 is 15.0 Å². The predicted molar refractivity (Wildman–Crippen MR) is 88.7 cm³/mol. The summed E-state index contributed by atoms with van der Waals surface area (Å²) in [5.41, 5.74) is 4.50. The zero-order valence-electron chi connectivity index (χ0n) is 13.6. The van der Waals surface area contributed by atoms with E-state index in [0.717, 1.165) is 53.4 Å². The number of unbranched alkanes of at least 4 members (excludes halogenated alkanes) is 1. The normalized spacial score (nSPS) is 11.3. The minimum absolute atomic E-state index is 0.151. The second-order valence-electron chi connectivity index (χ2n) is 5.92. The summed E-state index contributed by atoms with van der Waals surface area (Å²) >= 11 is 0. The molecule has 0 atom stereocenters. The van der Waals surface area contributed by atoms with Gasteiger partial charge < -0.3 is 14.8 Å². The standard InChI is InChI=1S/C18H25NO3/c1-4-5-8-19-11-14(7-6-9-20)16-13(3)15(18(21)22)10-12(2)17(16)19/h10-11,20H,4-9H2,1-3H3,(H,21,22). The second kappa shape index (κ2) is 6.97. The van der Waals surface area contributed by atoms with Gasteiger partial charge in [0.05, 0.1) is 11.1 Å². The number of carboxylic acids is 1. The summed E-state index contributed by atoms with van der Waals surface area (Å²) in [4.78, 5) is 11.5. The number of aryl methyl sites for hydroxylation is 4. The molecular formula is C18H25NO3. The Hall–Kier alpha value is -1.81. The van der Waals surface area contributed by atoms with Crippen molar-refractivity contribution in [3.63, 3.8) is 0 Å². The van der Waals surface area contributed by atoms with E-state index in [4.69, 9.17) is 5.11 Å². The van der Waals surface area contributed by atoms with E-state index in [0.29, 0.717) is 12.0 Å². The van der Waals surface area contributed by atoms with Crippen LogP contribution in [0.5, 0.6) is 0 Å². The summed E-state index contributed by atoms with van der Waals surface area (Å²) in [7, 11) is 0. The molecule has 4 heteroatoms. The lowest BCUT2D eigenvalue weighted by atomic mass is 9.97. The van der Waals surface area contributed by atoms with Crippen LogP contribution in [0.4, 0.5) is 0 Å². The zero-order chi connectivity index (χ0) is 16.3. The van der Waals surface area contributed by atoms with Crippen LogP contribution in [0.25, 0.3) is 10.9 Å². The zero-order valence-corrected chi connectivity index (χ0v) is 13.6. The van der Waals surface area contributed by atoms with Gasteiger partial charge in [-0.05, 0) is 55.9 Å². The number of rotatable bonds is 7. The predicted octanol–water partition coefficient (Wildman–Crippen LogP) is 3.68. The van der Waals surface area contributed by atoms with Gasteiger partial charge >= 0.3 is 5.97 Å². The maximum Gasteiger partial charge on any atom is 0.335 e. The second-order valence-corrected chi connectivity index (χ2v) is 5.92. The van der Waals surface area contributed by atoms with E-state index in [2.05, 4.69) is 17.7 Å². The van der Waals surface area contributed by atoms with Crippen LogP contribution in [0, 0.1) is 13.8 Å². The van der Waals surface area contributed by atoms with Gasteiger partial charge in [0.15, 0.2) is 0 Å². The van der Waals surface area contributed by atoms with Gasteiger partial charge in [-0.3, -0.25) is 0 Å². The molecule has 0 saturated heterocycles. The van der Waals surface area contributed by atoms with Crippen molar-refractivity contribution in [2.75, 3.05) is 6.61 Å². The first kappa shape index (κ1) is 16.6. The molecule has 0 bridgehead atoms. The molecule has 0 amide bonds. The first-order valence-corrected chi connectivity index (χ1v) is 7.97. The molecule has 2 N–H and O–H groups in total. The number of aliphatic hydroxyl groups excluding tert-OH is 1. The molecule has 0 spiro atoms. The van der Waals surface area contributed by atoms with Crippen LogP contribution in [-0.2, 0) is 13.0 Å². The van der Waals surface area contributed by atoms with Crippen molar-refractivity contribution in [3.8, 4) is 0 Å². The van der Waals surface area contributed by atoms with Crippen LogP contribution in [-0.4, -0.2) is 27.4 Å². The molecule has 1 heterocycles. The Labute approximate surface area is 131 Å². The first-order chi connectivity index (χ1) is 10.5. The molecule has 22 heavy (non-hydrogen) atoms. The lowest BCUT2D eigenvalue weighted by molar-refractivity contribution is 0.0696. The Morgan fingerprint density at radius 1 is 1.27 bits per heavy atom. The van der Waals surface area contributed by atoms with Crippen LogP contribution in [0.1, 0.15) is 53.2 Å². The average Bonchev–Trinajstić information content (AvgIpc) is 2.85. The Bertz CT molecular complexity index is 685. The number of carboxylic acid groups (broad SMARTS) is 1. The number of fused-ring (bicyclic) bond motifs is 1. The van der Waals surface area contributed by atoms with Gasteiger partial charge in [0, 0.05) is 24.7 Å². The largest absolute Gasteiger partial charge is 0.478 e. The number of hydrogen-bond acceptors (Lipinski definition) is 2. The van der Waals surface area contributed by atoms with Crippen LogP contribution in [0.2, 0.25) is 0 Å². The lowest BCUT2D eigenvalue weighted by Crippen LogP contribution is -2.03. The third-order valence-electron chi connectivity index (χ3n) is 4.26. The molecule has 2 rings (SSSR count). The molecule has 0 aliphatic carbocycles. The fourth-order valence-corrected chi connectivity index (χ4v) is 3.17. The van der Waals surface area contributed by atoms with Crippen molar-refractivity contribution in [1.82, 2.24) is 4.57 Å². The molecule has 2 aromatic rings. The lowest BCUT2D eigenvalue weighted by Gasteiger charge is -2.11. The highest BCUT2D eigenvalue weighted by molar-refractivity contribution is 5.99. The number of benzene rings is 1. The Balaban J connectivity index is 2.68. The smallest absolute Gasteiger partial charge is 0.335 e. The van der Waals surface area contributed by atoms with Crippen molar-refractivity contribution >= 4 is 16.9 Å². The highest BCUT2D eigenvalue weighted by Crippen LogP contribution is 2.31. The van der Waals surface area contributed by atoms with E-state index in [1.54, 1.807) is 6.07 Å². The third-order valence-corrected chi connectivity index (χ3v) is 4.26. The minimum Gasteiger partial charge on any atom is -0.478 e. The fourth-order valence-electron chi connectivity index (χ4n) is 3.17. The maximum absolute atomic E-state index is 11.5. The number of hydrogen-bond donors (Lipinski definition) is 2. The first-order valence-electron chi connectivity index (χ1n) is 7.97. The number of aromatic carboxylic acids is 1. The van der Waals surface area contributed by atoms with Gasteiger partial charge in [-0.1, -0.05) is 13.3 Å². The Kier molecular flexibility index (Phi) is 5.24. The van der Waals surface area contributed by atoms with Crippen molar-refractivity contribution in [2.24, 2.45) is 0 Å². The highest BCUT2D eigenvalue weighted by Gasteiger charge is 2.18. The quantitative estimate of drug-likeness (QED) is 0.820. The number of aliphatic hydroxyl groups is 1.